The van der Waals surface area contributed by atoms with Gasteiger partial charge in [-0.05, 0) is 18.6 Å². The van der Waals surface area contributed by atoms with Crippen LogP contribution in [0.4, 0.5) is 0 Å². The van der Waals surface area contributed by atoms with Crippen molar-refractivity contribution in [2.75, 3.05) is 18.6 Å². The molecule has 0 saturated carbocycles. The molecule has 0 bridgehead atoms. The molecule has 1 aromatic heterocycles. The van der Waals surface area contributed by atoms with Crippen molar-refractivity contribution >= 4 is 5.97 Å². The molecule has 1 heterocycles. The lowest BCUT2D eigenvalue weighted by atomic mass is 10.4. The van der Waals surface area contributed by atoms with Crippen LogP contribution in [0.3, 0.4) is 0 Å². The molecular formula is C10H16N2O2. The van der Waals surface area contributed by atoms with Gasteiger partial charge in [0.15, 0.2) is 0 Å². The first kappa shape index (κ1) is 10.6. The summed E-state index contributed by atoms with van der Waals surface area (Å²) in [6, 6.07) is 3.77. The molecular weight excluding hydrogens is 180 g/mol. The minimum atomic E-state index is -0.216. The van der Waals surface area contributed by atoms with Crippen LogP contribution in [0.15, 0.2) is 24.5 Å². The highest BCUT2D eigenvalue weighted by Gasteiger charge is 2.00. The molecule has 0 aliphatic rings. The third kappa shape index (κ3) is 3.98. The Bertz CT molecular complexity index is 257. The number of aromatic nitrogens is 1. The number of nitrogens with one attached hydrogen (secondary N) is 1. The van der Waals surface area contributed by atoms with Crippen molar-refractivity contribution < 1.29 is 9.53 Å². The average molecular weight is 196 g/mol. The molecule has 0 aliphatic heterocycles. The van der Waals surface area contributed by atoms with Gasteiger partial charge in [0, 0.05) is 12.4 Å². The third-order valence-corrected chi connectivity index (χ3v) is 1.77. The van der Waals surface area contributed by atoms with E-state index in [4.69, 9.17) is 4.74 Å². The standard InChI is InChI=1S/C10H16N2O2/c1-2-3-8-14-10(13)9-11-12-6-4-5-7-12/h4-7,11H,2-3,8-9H2,1H3. The van der Waals surface area contributed by atoms with E-state index in [9.17, 15) is 4.79 Å². The quantitative estimate of drug-likeness (QED) is 0.552. The van der Waals surface area contributed by atoms with Gasteiger partial charge in [0.25, 0.3) is 0 Å². The van der Waals surface area contributed by atoms with Crippen LogP contribution in [0.25, 0.3) is 0 Å². The molecule has 4 heteroatoms. The molecule has 0 amide bonds. The van der Waals surface area contributed by atoms with Crippen LogP contribution < -0.4 is 5.43 Å². The van der Waals surface area contributed by atoms with Gasteiger partial charge in [-0.2, -0.15) is 0 Å². The van der Waals surface area contributed by atoms with Gasteiger partial charge in [-0.15, -0.1) is 0 Å². The largest absolute Gasteiger partial charge is 0.464 e. The van der Waals surface area contributed by atoms with Gasteiger partial charge in [-0.1, -0.05) is 13.3 Å². The van der Waals surface area contributed by atoms with E-state index in [1.165, 1.54) is 0 Å². The van der Waals surface area contributed by atoms with Gasteiger partial charge in [-0.25, -0.2) is 0 Å². The van der Waals surface area contributed by atoms with Crippen molar-refractivity contribution in [1.82, 2.24) is 4.68 Å². The lowest BCUT2D eigenvalue weighted by Crippen LogP contribution is -2.23. The number of carbonyl (C=O) groups is 1. The van der Waals surface area contributed by atoms with E-state index in [0.717, 1.165) is 12.8 Å². The topological polar surface area (TPSA) is 43.3 Å². The van der Waals surface area contributed by atoms with Crippen molar-refractivity contribution in [2.45, 2.75) is 19.8 Å². The van der Waals surface area contributed by atoms with Crippen LogP contribution in [0.1, 0.15) is 19.8 Å². The van der Waals surface area contributed by atoms with Crippen LogP contribution in [-0.2, 0) is 9.53 Å². The van der Waals surface area contributed by atoms with E-state index in [1.54, 1.807) is 4.68 Å². The van der Waals surface area contributed by atoms with Crippen molar-refractivity contribution in [1.29, 1.82) is 0 Å². The highest BCUT2D eigenvalue weighted by molar-refractivity contribution is 5.72. The van der Waals surface area contributed by atoms with Crippen LogP contribution in [-0.4, -0.2) is 23.8 Å². The highest BCUT2D eigenvalue weighted by atomic mass is 16.5. The maximum absolute atomic E-state index is 11.1. The average Bonchev–Trinajstić information content (AvgIpc) is 2.68. The Labute approximate surface area is 83.8 Å². The Morgan fingerprint density at radius 1 is 1.43 bits per heavy atom. The summed E-state index contributed by atoms with van der Waals surface area (Å²) in [5.74, 6) is -0.216. The highest BCUT2D eigenvalue weighted by Crippen LogP contribution is 1.89. The monoisotopic (exact) mass is 196 g/mol. The second-order valence-corrected chi connectivity index (χ2v) is 3.00. The normalized spacial score (nSPS) is 9.79. The minimum absolute atomic E-state index is 0.207. The first-order valence-electron chi connectivity index (χ1n) is 4.85. The van der Waals surface area contributed by atoms with Crippen LogP contribution >= 0.6 is 0 Å². The molecule has 1 N–H and O–H groups in total. The molecule has 0 aromatic carbocycles. The summed E-state index contributed by atoms with van der Waals surface area (Å²) < 4.78 is 6.69. The second-order valence-electron chi connectivity index (χ2n) is 3.00. The third-order valence-electron chi connectivity index (χ3n) is 1.77. The second kappa shape index (κ2) is 6.07. The molecule has 78 valence electrons. The van der Waals surface area contributed by atoms with Gasteiger partial charge >= 0.3 is 5.97 Å². The lowest BCUT2D eigenvalue weighted by molar-refractivity contribution is -0.141. The fraction of sp³-hybridized carbons (Fsp3) is 0.500. The molecule has 0 fully saturated rings. The first-order chi connectivity index (χ1) is 6.83. The molecule has 0 saturated heterocycles. The molecule has 0 spiro atoms. The van der Waals surface area contributed by atoms with E-state index >= 15 is 0 Å². The summed E-state index contributed by atoms with van der Waals surface area (Å²) in [6.45, 7) is 2.78. The molecule has 0 unspecified atom stereocenters. The van der Waals surface area contributed by atoms with Crippen molar-refractivity contribution in [3.8, 4) is 0 Å². The number of hydrogen-bond acceptors (Lipinski definition) is 3. The van der Waals surface area contributed by atoms with E-state index in [2.05, 4.69) is 12.3 Å². The summed E-state index contributed by atoms with van der Waals surface area (Å²) in [5, 5.41) is 0. The predicted molar refractivity (Wildman–Crippen MR) is 54.5 cm³/mol. The smallest absolute Gasteiger partial charge is 0.326 e. The van der Waals surface area contributed by atoms with Crippen LogP contribution in [0.5, 0.6) is 0 Å². The Kier molecular flexibility index (Phi) is 4.61. The predicted octanol–water partition coefficient (Wildman–Crippen LogP) is 1.37. The minimum Gasteiger partial charge on any atom is -0.464 e. The number of ether oxygens (including phenoxy) is 1. The number of unbranched alkanes of at least 4 members (excludes halogenated alkanes) is 1. The molecule has 1 aromatic rings. The van der Waals surface area contributed by atoms with Gasteiger partial charge < -0.3 is 10.2 Å². The Morgan fingerprint density at radius 2 is 2.14 bits per heavy atom. The van der Waals surface area contributed by atoms with Gasteiger partial charge in [0.1, 0.15) is 6.54 Å². The summed E-state index contributed by atoms with van der Waals surface area (Å²) in [5.41, 5.74) is 2.89. The summed E-state index contributed by atoms with van der Waals surface area (Å²) in [6.07, 6.45) is 5.63. The Balaban J connectivity index is 2.09. The molecule has 0 atom stereocenters. The van der Waals surface area contributed by atoms with E-state index < -0.39 is 0 Å². The summed E-state index contributed by atoms with van der Waals surface area (Å²) in [7, 11) is 0. The lowest BCUT2D eigenvalue weighted by Gasteiger charge is -2.07. The van der Waals surface area contributed by atoms with E-state index in [1.807, 2.05) is 24.5 Å². The van der Waals surface area contributed by atoms with E-state index in [-0.39, 0.29) is 12.5 Å². The Hall–Kier alpha value is -1.45. The fourth-order valence-electron chi connectivity index (χ4n) is 0.977. The maximum atomic E-state index is 11.1. The Morgan fingerprint density at radius 3 is 2.79 bits per heavy atom. The molecule has 14 heavy (non-hydrogen) atoms. The molecule has 4 nitrogen and oxygen atoms in total. The zero-order valence-electron chi connectivity index (χ0n) is 8.40. The van der Waals surface area contributed by atoms with Gasteiger partial charge in [0.05, 0.1) is 6.61 Å². The van der Waals surface area contributed by atoms with Crippen molar-refractivity contribution in [3.05, 3.63) is 24.5 Å². The zero-order chi connectivity index (χ0) is 10.2. The maximum Gasteiger partial charge on any atom is 0.326 e. The van der Waals surface area contributed by atoms with Gasteiger partial charge in [-0.3, -0.25) is 9.47 Å². The number of hydrogen-bond donors (Lipinski definition) is 1. The van der Waals surface area contributed by atoms with Crippen molar-refractivity contribution in [3.63, 3.8) is 0 Å². The summed E-state index contributed by atoms with van der Waals surface area (Å²) in [4.78, 5) is 11.1. The number of carbonyl (C=O) groups excluding carboxylic acids is 1. The first-order valence-corrected chi connectivity index (χ1v) is 4.85. The molecule has 1 rings (SSSR count). The zero-order valence-corrected chi connectivity index (χ0v) is 8.40. The number of esters is 1. The van der Waals surface area contributed by atoms with E-state index in [0.29, 0.717) is 6.61 Å². The van der Waals surface area contributed by atoms with Gasteiger partial charge in [0.2, 0.25) is 0 Å². The fourth-order valence-corrected chi connectivity index (χ4v) is 0.977. The SMILES string of the molecule is CCCCOC(=O)CNn1cccc1. The number of rotatable bonds is 6. The molecule has 0 aliphatic carbocycles. The van der Waals surface area contributed by atoms with Crippen LogP contribution in [0, 0.1) is 0 Å². The van der Waals surface area contributed by atoms with Crippen LogP contribution in [0.2, 0.25) is 0 Å². The molecule has 0 radical (unpaired) electrons. The number of nitrogens with zero attached hydrogens (tertiary/aromatic N) is 1. The van der Waals surface area contributed by atoms with Crippen molar-refractivity contribution in [2.24, 2.45) is 0 Å². The summed E-state index contributed by atoms with van der Waals surface area (Å²) >= 11 is 0.